The number of nitrogens with zero attached hydrogens (tertiary/aromatic N) is 6. The smallest absolute Gasteiger partial charge is 0.254 e. The van der Waals surface area contributed by atoms with Crippen LogP contribution in [-0.2, 0) is 0 Å². The van der Waals surface area contributed by atoms with Gasteiger partial charge in [-0.05, 0) is 13.5 Å². The van der Waals surface area contributed by atoms with Crippen LogP contribution in [0.15, 0.2) is 6.33 Å². The van der Waals surface area contributed by atoms with Crippen LogP contribution < -0.4 is 4.90 Å². The Kier molecular flexibility index (Phi) is 3.28. The molecule has 3 rings (SSSR count). The Hall–Kier alpha value is -1.40. The maximum absolute atomic E-state index is 6.43. The van der Waals surface area contributed by atoms with Crippen molar-refractivity contribution >= 4 is 23.2 Å². The number of hydrogen-bond acceptors (Lipinski definition) is 5. The highest BCUT2D eigenvalue weighted by Crippen LogP contribution is 2.28. The third-order valence-corrected chi connectivity index (χ3v) is 4.07. The zero-order valence-electron chi connectivity index (χ0n) is 11.2. The molecule has 0 aliphatic carbocycles. The monoisotopic (exact) mass is 280 g/mol. The molecule has 1 aliphatic rings. The molecule has 1 aliphatic heterocycles. The van der Waals surface area contributed by atoms with Crippen LogP contribution in [0.2, 0.25) is 5.02 Å². The van der Waals surface area contributed by atoms with Gasteiger partial charge in [0.05, 0.1) is 5.69 Å². The second-order valence-electron chi connectivity index (χ2n) is 4.73. The van der Waals surface area contributed by atoms with Gasteiger partial charge in [0.2, 0.25) is 0 Å². The van der Waals surface area contributed by atoms with Gasteiger partial charge in [-0.1, -0.05) is 18.5 Å². The predicted molar refractivity (Wildman–Crippen MR) is 74.9 cm³/mol. The van der Waals surface area contributed by atoms with E-state index in [1.165, 1.54) is 6.33 Å². The molecule has 0 atom stereocenters. The molecule has 0 saturated carbocycles. The summed E-state index contributed by atoms with van der Waals surface area (Å²) in [5, 5.41) is 4.91. The molecule has 1 saturated heterocycles. The lowest BCUT2D eigenvalue weighted by Gasteiger charge is -2.35. The Balaban J connectivity index is 2.00. The highest BCUT2D eigenvalue weighted by Gasteiger charge is 2.22. The normalized spacial score (nSPS) is 17.3. The van der Waals surface area contributed by atoms with Crippen molar-refractivity contribution < 1.29 is 0 Å². The molecule has 2 aromatic rings. The first kappa shape index (κ1) is 12.6. The topological polar surface area (TPSA) is 49.6 Å². The average molecular weight is 281 g/mol. The van der Waals surface area contributed by atoms with Crippen LogP contribution in [0.25, 0.3) is 5.78 Å². The number of fused-ring (bicyclic) bond motifs is 1. The zero-order chi connectivity index (χ0) is 13.4. The van der Waals surface area contributed by atoms with Gasteiger partial charge in [0.15, 0.2) is 5.82 Å². The first-order valence-electron chi connectivity index (χ1n) is 6.54. The van der Waals surface area contributed by atoms with Crippen LogP contribution in [0.5, 0.6) is 0 Å². The van der Waals surface area contributed by atoms with Crippen molar-refractivity contribution in [3.8, 4) is 0 Å². The van der Waals surface area contributed by atoms with E-state index in [4.69, 9.17) is 11.6 Å². The number of halogens is 1. The van der Waals surface area contributed by atoms with E-state index in [1.807, 2.05) is 6.92 Å². The lowest BCUT2D eigenvalue weighted by molar-refractivity contribution is 0.270. The number of rotatable bonds is 2. The molecule has 0 bridgehead atoms. The molecule has 0 spiro atoms. The van der Waals surface area contributed by atoms with E-state index in [9.17, 15) is 0 Å². The van der Waals surface area contributed by atoms with Gasteiger partial charge in [-0.2, -0.15) is 14.6 Å². The van der Waals surface area contributed by atoms with Gasteiger partial charge in [-0.25, -0.2) is 4.98 Å². The molecule has 0 aromatic carbocycles. The standard InChI is InChI=1S/C12H17ClN6/c1-3-17-4-6-18(7-5-17)11-10(13)9(2)16-12-14-8-15-19(11)12/h8H,3-7H2,1-2H3. The molecule has 19 heavy (non-hydrogen) atoms. The van der Waals surface area contributed by atoms with Crippen LogP contribution in [0.1, 0.15) is 12.6 Å². The molecular formula is C12H17ClN6. The number of piperazine rings is 1. The number of anilines is 1. The van der Waals surface area contributed by atoms with Crippen molar-refractivity contribution in [1.82, 2.24) is 24.5 Å². The minimum atomic E-state index is 0.606. The van der Waals surface area contributed by atoms with Crippen molar-refractivity contribution in [3.05, 3.63) is 17.0 Å². The number of likely N-dealkylation sites (N-methyl/N-ethyl adjacent to an activating group) is 1. The van der Waals surface area contributed by atoms with Crippen molar-refractivity contribution in [3.63, 3.8) is 0 Å². The van der Waals surface area contributed by atoms with Crippen molar-refractivity contribution in [2.24, 2.45) is 0 Å². The Morgan fingerprint density at radius 2 is 2.00 bits per heavy atom. The summed E-state index contributed by atoms with van der Waals surface area (Å²) >= 11 is 6.43. The highest BCUT2D eigenvalue weighted by atomic mass is 35.5. The van der Waals surface area contributed by atoms with E-state index in [1.54, 1.807) is 4.52 Å². The molecule has 6 nitrogen and oxygen atoms in total. The fourth-order valence-electron chi connectivity index (χ4n) is 2.46. The summed E-state index contributed by atoms with van der Waals surface area (Å²) in [5.74, 6) is 1.52. The van der Waals surface area contributed by atoms with Gasteiger partial charge in [-0.15, -0.1) is 0 Å². The van der Waals surface area contributed by atoms with E-state index >= 15 is 0 Å². The lowest BCUT2D eigenvalue weighted by atomic mass is 10.3. The Bertz CT molecular complexity index is 587. The summed E-state index contributed by atoms with van der Waals surface area (Å²) in [7, 11) is 0. The van der Waals surface area contributed by atoms with Crippen LogP contribution in [-0.4, -0.2) is 57.2 Å². The third-order valence-electron chi connectivity index (χ3n) is 3.63. The second-order valence-corrected chi connectivity index (χ2v) is 5.11. The van der Waals surface area contributed by atoms with Crippen molar-refractivity contribution in [2.75, 3.05) is 37.6 Å². The summed E-state index contributed by atoms with van der Waals surface area (Å²) in [6.45, 7) is 9.18. The molecule has 0 amide bonds. The van der Waals surface area contributed by atoms with Gasteiger partial charge in [-0.3, -0.25) is 0 Å². The summed E-state index contributed by atoms with van der Waals surface area (Å²) in [6.07, 6.45) is 1.52. The third kappa shape index (κ3) is 2.15. The van der Waals surface area contributed by atoms with E-state index in [-0.39, 0.29) is 0 Å². The van der Waals surface area contributed by atoms with Crippen molar-refractivity contribution in [2.45, 2.75) is 13.8 Å². The molecule has 2 aromatic heterocycles. The molecule has 1 fully saturated rings. The number of hydrogen-bond donors (Lipinski definition) is 0. The minimum Gasteiger partial charge on any atom is -0.353 e. The summed E-state index contributed by atoms with van der Waals surface area (Å²) in [6, 6.07) is 0. The van der Waals surface area contributed by atoms with Crippen LogP contribution in [0.3, 0.4) is 0 Å². The quantitative estimate of drug-likeness (QED) is 0.828. The van der Waals surface area contributed by atoms with E-state index in [0.29, 0.717) is 10.8 Å². The number of aromatic nitrogens is 4. The maximum atomic E-state index is 6.43. The van der Waals surface area contributed by atoms with Gasteiger partial charge >= 0.3 is 0 Å². The molecular weight excluding hydrogens is 264 g/mol. The van der Waals surface area contributed by atoms with Gasteiger partial charge in [0.1, 0.15) is 11.3 Å². The van der Waals surface area contributed by atoms with E-state index < -0.39 is 0 Å². The molecule has 0 N–H and O–H groups in total. The first-order chi connectivity index (χ1) is 9.20. The van der Waals surface area contributed by atoms with Crippen LogP contribution in [0, 0.1) is 6.92 Å². The van der Waals surface area contributed by atoms with E-state index in [0.717, 1.165) is 44.2 Å². The van der Waals surface area contributed by atoms with Crippen LogP contribution >= 0.6 is 11.6 Å². The van der Waals surface area contributed by atoms with Crippen LogP contribution in [0.4, 0.5) is 5.82 Å². The van der Waals surface area contributed by atoms with Gasteiger partial charge in [0.25, 0.3) is 5.78 Å². The lowest BCUT2D eigenvalue weighted by Crippen LogP contribution is -2.47. The highest BCUT2D eigenvalue weighted by molar-refractivity contribution is 6.33. The maximum Gasteiger partial charge on any atom is 0.254 e. The molecule has 102 valence electrons. The Labute approximate surface area is 117 Å². The zero-order valence-corrected chi connectivity index (χ0v) is 11.9. The summed E-state index contributed by atoms with van der Waals surface area (Å²) in [4.78, 5) is 13.2. The predicted octanol–water partition coefficient (Wildman–Crippen LogP) is 1.23. The first-order valence-corrected chi connectivity index (χ1v) is 6.91. The SMILES string of the molecule is CCN1CCN(c2c(Cl)c(C)nc3ncnn23)CC1. The Morgan fingerprint density at radius 3 is 2.68 bits per heavy atom. The second kappa shape index (κ2) is 4.94. The fourth-order valence-corrected chi connectivity index (χ4v) is 2.71. The molecule has 0 radical (unpaired) electrons. The van der Waals surface area contributed by atoms with E-state index in [2.05, 4.69) is 31.8 Å². The Morgan fingerprint density at radius 1 is 1.26 bits per heavy atom. The fraction of sp³-hybridized carbons (Fsp3) is 0.583. The summed E-state index contributed by atoms with van der Waals surface area (Å²) in [5.41, 5.74) is 0.801. The average Bonchev–Trinajstić information content (AvgIpc) is 2.88. The largest absolute Gasteiger partial charge is 0.353 e. The number of aryl methyl sites for hydroxylation is 1. The van der Waals surface area contributed by atoms with Gasteiger partial charge < -0.3 is 9.80 Å². The molecule has 0 unspecified atom stereocenters. The summed E-state index contributed by atoms with van der Waals surface area (Å²) < 4.78 is 1.73. The minimum absolute atomic E-state index is 0.606. The van der Waals surface area contributed by atoms with Gasteiger partial charge in [0, 0.05) is 26.2 Å². The molecule has 3 heterocycles. The molecule has 7 heteroatoms. The van der Waals surface area contributed by atoms with Crippen molar-refractivity contribution in [1.29, 1.82) is 0 Å².